The molecule has 1 heterocycles. The van der Waals surface area contributed by atoms with E-state index in [-0.39, 0.29) is 12.1 Å². The van der Waals surface area contributed by atoms with E-state index in [2.05, 4.69) is 39.8 Å². The number of rotatable bonds is 5. The van der Waals surface area contributed by atoms with Gasteiger partial charge in [-0.25, -0.2) is 4.79 Å². The Bertz CT molecular complexity index is 633. The Morgan fingerprint density at radius 3 is 2.46 bits per heavy atom. The lowest BCUT2D eigenvalue weighted by Gasteiger charge is -2.26. The highest BCUT2D eigenvalue weighted by Gasteiger charge is 2.26. The van der Waals surface area contributed by atoms with Gasteiger partial charge in [-0.1, -0.05) is 0 Å². The molecule has 1 aliphatic heterocycles. The van der Waals surface area contributed by atoms with Crippen LogP contribution in [-0.4, -0.2) is 43.4 Å². The smallest absolute Gasteiger partial charge is 0.407 e. The fourth-order valence-corrected chi connectivity index (χ4v) is 4.03. The molecule has 0 spiro atoms. The van der Waals surface area contributed by atoms with Crippen LogP contribution >= 0.6 is 0 Å². The molecule has 1 unspecified atom stereocenters. The van der Waals surface area contributed by atoms with E-state index in [1.165, 1.54) is 24.2 Å². The summed E-state index contributed by atoms with van der Waals surface area (Å²) < 4.78 is 5.36. The van der Waals surface area contributed by atoms with E-state index < -0.39 is 5.60 Å². The minimum atomic E-state index is -0.463. The lowest BCUT2D eigenvalue weighted by atomic mass is 9.86. The van der Waals surface area contributed by atoms with Gasteiger partial charge in [0.25, 0.3) is 0 Å². The predicted octanol–water partition coefficient (Wildman–Crippen LogP) is 3.72. The summed E-state index contributed by atoms with van der Waals surface area (Å²) >= 11 is 0. The van der Waals surface area contributed by atoms with Crippen LogP contribution in [-0.2, 0) is 4.74 Å². The number of hydrogen-bond donors (Lipinski definition) is 3. The van der Waals surface area contributed by atoms with Gasteiger partial charge >= 0.3 is 6.09 Å². The molecule has 3 rings (SSSR count). The first-order chi connectivity index (χ1) is 13.3. The van der Waals surface area contributed by atoms with Crippen molar-refractivity contribution in [2.24, 2.45) is 11.7 Å². The van der Waals surface area contributed by atoms with Crippen LogP contribution in [0, 0.1) is 5.92 Å². The normalized spacial score (nSPS) is 25.4. The molecule has 1 amide bonds. The molecule has 2 fully saturated rings. The first-order valence-corrected chi connectivity index (χ1v) is 10.6. The summed E-state index contributed by atoms with van der Waals surface area (Å²) in [5.41, 5.74) is 7.89. The average Bonchev–Trinajstić information content (AvgIpc) is 3.08. The Morgan fingerprint density at radius 1 is 1.14 bits per heavy atom. The molecule has 0 bridgehead atoms. The van der Waals surface area contributed by atoms with E-state index in [9.17, 15) is 4.79 Å². The van der Waals surface area contributed by atoms with Crippen LogP contribution < -0.4 is 21.3 Å². The monoisotopic (exact) mass is 388 g/mol. The zero-order valence-corrected chi connectivity index (χ0v) is 17.5. The Morgan fingerprint density at radius 2 is 1.82 bits per heavy atom. The molecule has 156 valence electrons. The number of alkyl carbamates (subject to hydrolysis) is 1. The van der Waals surface area contributed by atoms with Crippen LogP contribution in [0.3, 0.4) is 0 Å². The van der Waals surface area contributed by atoms with E-state index >= 15 is 0 Å². The van der Waals surface area contributed by atoms with Crippen LogP contribution in [0.4, 0.5) is 16.2 Å². The van der Waals surface area contributed by atoms with Gasteiger partial charge in [0.2, 0.25) is 0 Å². The van der Waals surface area contributed by atoms with Crippen molar-refractivity contribution in [1.29, 1.82) is 0 Å². The van der Waals surface area contributed by atoms with Gasteiger partial charge in [-0.3, -0.25) is 0 Å². The minimum absolute atomic E-state index is 0.130. The highest BCUT2D eigenvalue weighted by atomic mass is 16.6. The average molecular weight is 389 g/mol. The number of benzene rings is 1. The third kappa shape index (κ3) is 6.30. The molecule has 28 heavy (non-hydrogen) atoms. The van der Waals surface area contributed by atoms with E-state index in [1.54, 1.807) is 0 Å². The van der Waals surface area contributed by atoms with Crippen LogP contribution in [0.2, 0.25) is 0 Å². The number of ether oxygens (including phenoxy) is 1. The SMILES string of the molecule is CC(C)(C)OC(=O)NC1CCN(c2ccc(NC[C@H]3CC[C@H](N)CC3)cc2)C1. The van der Waals surface area contributed by atoms with Crippen LogP contribution in [0.25, 0.3) is 0 Å². The van der Waals surface area contributed by atoms with Gasteiger partial charge in [0.1, 0.15) is 5.60 Å². The second-order valence-corrected chi connectivity index (χ2v) is 9.29. The lowest BCUT2D eigenvalue weighted by molar-refractivity contribution is 0.0509. The number of anilines is 2. The predicted molar refractivity (Wildman–Crippen MR) is 115 cm³/mol. The minimum Gasteiger partial charge on any atom is -0.444 e. The molecule has 1 saturated carbocycles. The Labute approximate surface area is 169 Å². The number of nitrogens with two attached hydrogens (primary N) is 1. The van der Waals surface area contributed by atoms with Crippen LogP contribution in [0.15, 0.2) is 24.3 Å². The molecule has 6 nitrogen and oxygen atoms in total. The maximum atomic E-state index is 12.0. The van der Waals surface area contributed by atoms with Crippen LogP contribution in [0.1, 0.15) is 52.9 Å². The number of hydrogen-bond acceptors (Lipinski definition) is 5. The summed E-state index contributed by atoms with van der Waals surface area (Å²) in [5, 5.41) is 6.55. The van der Waals surface area contributed by atoms with Gasteiger partial charge in [0, 0.05) is 37.1 Å². The van der Waals surface area contributed by atoms with Crippen molar-refractivity contribution in [3.63, 3.8) is 0 Å². The van der Waals surface area contributed by atoms with Crippen LogP contribution in [0.5, 0.6) is 0 Å². The highest BCUT2D eigenvalue weighted by Crippen LogP contribution is 2.25. The largest absolute Gasteiger partial charge is 0.444 e. The molecule has 0 aromatic heterocycles. The quantitative estimate of drug-likeness (QED) is 0.716. The molecule has 1 aliphatic carbocycles. The highest BCUT2D eigenvalue weighted by molar-refractivity contribution is 5.68. The fourth-order valence-electron chi connectivity index (χ4n) is 4.03. The van der Waals surface area contributed by atoms with E-state index in [1.807, 2.05) is 20.8 Å². The van der Waals surface area contributed by atoms with Crippen molar-refractivity contribution in [2.45, 2.75) is 70.6 Å². The van der Waals surface area contributed by atoms with Gasteiger partial charge in [-0.15, -0.1) is 0 Å². The van der Waals surface area contributed by atoms with Crippen molar-refractivity contribution in [1.82, 2.24) is 5.32 Å². The molecule has 1 saturated heterocycles. The summed E-state index contributed by atoms with van der Waals surface area (Å²) in [4.78, 5) is 14.3. The van der Waals surface area contributed by atoms with Crippen molar-refractivity contribution < 1.29 is 9.53 Å². The maximum Gasteiger partial charge on any atom is 0.407 e. The lowest BCUT2D eigenvalue weighted by Crippen LogP contribution is -2.40. The van der Waals surface area contributed by atoms with Gasteiger partial charge in [-0.2, -0.15) is 0 Å². The van der Waals surface area contributed by atoms with Crippen molar-refractivity contribution in [3.8, 4) is 0 Å². The summed E-state index contributed by atoms with van der Waals surface area (Å²) in [6.45, 7) is 8.42. The second kappa shape index (κ2) is 9.03. The third-order valence-electron chi connectivity index (χ3n) is 5.63. The standard InChI is InChI=1S/C22H36N4O2/c1-22(2,3)28-21(27)25-19-12-13-26(15-19)20-10-8-18(9-11-20)24-14-16-4-6-17(23)7-5-16/h8-11,16-17,19,24H,4-7,12-15,23H2,1-3H3,(H,25,27)/t16-,17-,19?. The molecular formula is C22H36N4O2. The number of nitrogens with one attached hydrogen (secondary N) is 2. The molecular weight excluding hydrogens is 352 g/mol. The summed E-state index contributed by atoms with van der Waals surface area (Å²) in [6.07, 6.45) is 5.36. The number of carbonyl (C=O) groups is 1. The van der Waals surface area contributed by atoms with E-state index in [0.29, 0.717) is 6.04 Å². The Kier molecular flexibility index (Phi) is 6.70. The number of carbonyl (C=O) groups excluding carboxylic acids is 1. The van der Waals surface area contributed by atoms with Gasteiger partial charge < -0.3 is 26.0 Å². The Balaban J connectivity index is 1.43. The summed E-state index contributed by atoms with van der Waals surface area (Å²) in [5.74, 6) is 0.734. The van der Waals surface area contributed by atoms with Gasteiger partial charge in [0.05, 0.1) is 6.04 Å². The van der Waals surface area contributed by atoms with Gasteiger partial charge in [-0.05, 0) is 83.1 Å². The maximum absolute atomic E-state index is 12.0. The van der Waals surface area contributed by atoms with Crippen molar-refractivity contribution >= 4 is 17.5 Å². The van der Waals surface area contributed by atoms with Gasteiger partial charge in [0.15, 0.2) is 0 Å². The fraction of sp³-hybridized carbons (Fsp3) is 0.682. The molecule has 6 heteroatoms. The number of nitrogens with zero attached hydrogens (tertiary/aromatic N) is 1. The third-order valence-corrected chi connectivity index (χ3v) is 5.63. The summed E-state index contributed by atoms with van der Waals surface area (Å²) in [6, 6.07) is 9.16. The first kappa shape index (κ1) is 20.8. The van der Waals surface area contributed by atoms with Crippen molar-refractivity contribution in [3.05, 3.63) is 24.3 Å². The van der Waals surface area contributed by atoms with E-state index in [0.717, 1.165) is 44.8 Å². The molecule has 1 aromatic rings. The van der Waals surface area contributed by atoms with Crippen molar-refractivity contribution in [2.75, 3.05) is 29.9 Å². The molecule has 0 radical (unpaired) electrons. The molecule has 2 aliphatic rings. The Hall–Kier alpha value is -1.95. The first-order valence-electron chi connectivity index (χ1n) is 10.6. The topological polar surface area (TPSA) is 79.6 Å². The zero-order valence-electron chi connectivity index (χ0n) is 17.5. The summed E-state index contributed by atoms with van der Waals surface area (Å²) in [7, 11) is 0. The molecule has 4 N–H and O–H groups in total. The zero-order chi connectivity index (χ0) is 20.1. The molecule has 1 atom stereocenters. The van der Waals surface area contributed by atoms with E-state index in [4.69, 9.17) is 10.5 Å². The number of amides is 1. The molecule has 1 aromatic carbocycles. The second-order valence-electron chi connectivity index (χ2n) is 9.29.